The summed E-state index contributed by atoms with van der Waals surface area (Å²) in [5.41, 5.74) is -0.800. The third-order valence-corrected chi connectivity index (χ3v) is 6.14. The summed E-state index contributed by atoms with van der Waals surface area (Å²) in [6, 6.07) is 0. The predicted octanol–water partition coefficient (Wildman–Crippen LogP) is 2.13. The quantitative estimate of drug-likeness (QED) is 0.186. The van der Waals surface area contributed by atoms with Gasteiger partial charge in [-0.1, -0.05) is 32.8 Å². The molecule has 24 heavy (non-hydrogen) atoms. The maximum absolute atomic E-state index is 11.6. The molecule has 0 aliphatic rings. The molecule has 8 nitrogen and oxygen atoms in total. The SMILES string of the molecule is C=C(CCCCCCC(CP(=O)(O)O)P(=O)(O)O)C(=O)NCCC. The van der Waals surface area contributed by atoms with E-state index in [9.17, 15) is 13.9 Å². The molecule has 0 saturated carbocycles. The monoisotopic (exact) mass is 385 g/mol. The van der Waals surface area contributed by atoms with Crippen molar-refractivity contribution in [2.24, 2.45) is 0 Å². The lowest BCUT2D eigenvalue weighted by Gasteiger charge is -2.18. The molecule has 0 heterocycles. The summed E-state index contributed by atoms with van der Waals surface area (Å²) in [5.74, 6) is -0.153. The van der Waals surface area contributed by atoms with Gasteiger partial charge in [-0.3, -0.25) is 13.9 Å². The second kappa shape index (κ2) is 11.2. The molecule has 0 aromatic heterocycles. The summed E-state index contributed by atoms with van der Waals surface area (Å²) in [7, 11) is -8.99. The van der Waals surface area contributed by atoms with E-state index >= 15 is 0 Å². The third kappa shape index (κ3) is 12.0. The molecular formula is C14H29NO7P2. The van der Waals surface area contributed by atoms with Gasteiger partial charge in [-0.15, -0.1) is 0 Å². The standard InChI is InChI=1S/C14H29NO7P2/c1-3-10-15-14(16)12(2)8-6-4-5-7-9-13(24(20,21)22)11-23(17,18)19/h13H,2-11H2,1H3,(H,15,16)(H2,17,18,19)(H2,20,21,22). The number of carbonyl (C=O) groups excluding carboxylic acids is 1. The average Bonchev–Trinajstić information content (AvgIpc) is 2.44. The topological polar surface area (TPSA) is 144 Å². The number of amides is 1. The van der Waals surface area contributed by atoms with Gasteiger partial charge in [-0.05, 0) is 25.7 Å². The van der Waals surface area contributed by atoms with E-state index in [1.807, 2.05) is 6.92 Å². The van der Waals surface area contributed by atoms with E-state index < -0.39 is 27.0 Å². The van der Waals surface area contributed by atoms with Gasteiger partial charge in [0.25, 0.3) is 0 Å². The number of rotatable bonds is 13. The third-order valence-electron chi connectivity index (χ3n) is 3.55. The maximum Gasteiger partial charge on any atom is 0.329 e. The minimum absolute atomic E-state index is 0.0628. The Hall–Kier alpha value is -0.490. The van der Waals surface area contributed by atoms with Crippen LogP contribution in [0.5, 0.6) is 0 Å². The van der Waals surface area contributed by atoms with E-state index in [2.05, 4.69) is 11.9 Å². The van der Waals surface area contributed by atoms with Gasteiger partial charge in [0.1, 0.15) is 0 Å². The molecule has 0 aromatic rings. The van der Waals surface area contributed by atoms with Crippen LogP contribution in [0.25, 0.3) is 0 Å². The van der Waals surface area contributed by atoms with E-state index in [0.29, 0.717) is 31.4 Å². The van der Waals surface area contributed by atoms with Crippen LogP contribution in [0, 0.1) is 0 Å². The molecule has 1 amide bonds. The van der Waals surface area contributed by atoms with Crippen molar-refractivity contribution in [1.82, 2.24) is 5.32 Å². The second-order valence-corrected chi connectivity index (χ2v) is 9.51. The zero-order chi connectivity index (χ0) is 18.8. The molecule has 142 valence electrons. The Morgan fingerprint density at radius 1 is 1.08 bits per heavy atom. The number of hydrogen-bond acceptors (Lipinski definition) is 3. The lowest BCUT2D eigenvalue weighted by Crippen LogP contribution is -2.25. The highest BCUT2D eigenvalue weighted by atomic mass is 31.2. The van der Waals surface area contributed by atoms with E-state index in [4.69, 9.17) is 19.6 Å². The van der Waals surface area contributed by atoms with Crippen LogP contribution in [-0.4, -0.2) is 43.8 Å². The predicted molar refractivity (Wildman–Crippen MR) is 92.9 cm³/mol. The Morgan fingerprint density at radius 3 is 2.17 bits per heavy atom. The van der Waals surface area contributed by atoms with Gasteiger partial charge in [0.05, 0.1) is 11.8 Å². The highest BCUT2D eigenvalue weighted by molar-refractivity contribution is 7.56. The van der Waals surface area contributed by atoms with E-state index in [-0.39, 0.29) is 12.3 Å². The van der Waals surface area contributed by atoms with Gasteiger partial charge in [0, 0.05) is 12.1 Å². The van der Waals surface area contributed by atoms with Crippen molar-refractivity contribution in [3.8, 4) is 0 Å². The van der Waals surface area contributed by atoms with Crippen LogP contribution in [0.2, 0.25) is 0 Å². The molecule has 0 fully saturated rings. The molecule has 0 aromatic carbocycles. The molecule has 0 saturated heterocycles. The highest BCUT2D eigenvalue weighted by Gasteiger charge is 2.34. The number of unbranched alkanes of at least 4 members (excludes halogenated alkanes) is 3. The number of carbonyl (C=O) groups is 1. The summed E-state index contributed by atoms with van der Waals surface area (Å²) in [6.07, 6.45) is 3.29. The average molecular weight is 385 g/mol. The normalized spacial score (nSPS) is 13.5. The number of nitrogens with one attached hydrogen (secondary N) is 1. The summed E-state index contributed by atoms with van der Waals surface area (Å²) in [5, 5.41) is 2.74. The van der Waals surface area contributed by atoms with Gasteiger partial charge in [0.15, 0.2) is 0 Å². The summed E-state index contributed by atoms with van der Waals surface area (Å²) in [4.78, 5) is 47.7. The summed E-state index contributed by atoms with van der Waals surface area (Å²) < 4.78 is 22.2. The fraction of sp³-hybridized carbons (Fsp3) is 0.786. The minimum atomic E-state index is -4.53. The van der Waals surface area contributed by atoms with Crippen molar-refractivity contribution < 1.29 is 33.5 Å². The van der Waals surface area contributed by atoms with Crippen LogP contribution in [0.4, 0.5) is 0 Å². The van der Waals surface area contributed by atoms with E-state index in [1.54, 1.807) is 0 Å². The molecule has 0 radical (unpaired) electrons. The zero-order valence-corrected chi connectivity index (χ0v) is 15.8. The largest absolute Gasteiger partial charge is 0.352 e. The Labute approximate surface area is 143 Å². The lowest BCUT2D eigenvalue weighted by atomic mass is 10.1. The fourth-order valence-corrected chi connectivity index (χ4v) is 4.93. The van der Waals surface area contributed by atoms with Crippen LogP contribution in [0.3, 0.4) is 0 Å². The molecule has 5 N–H and O–H groups in total. The molecule has 0 bridgehead atoms. The van der Waals surface area contributed by atoms with Crippen molar-refractivity contribution in [3.05, 3.63) is 12.2 Å². The first-order valence-corrected chi connectivity index (χ1v) is 11.5. The van der Waals surface area contributed by atoms with Crippen LogP contribution < -0.4 is 5.32 Å². The van der Waals surface area contributed by atoms with Crippen LogP contribution in [0.15, 0.2) is 12.2 Å². The van der Waals surface area contributed by atoms with Crippen molar-refractivity contribution in [2.45, 2.75) is 57.5 Å². The van der Waals surface area contributed by atoms with Gasteiger partial charge < -0.3 is 24.9 Å². The van der Waals surface area contributed by atoms with Crippen molar-refractivity contribution in [2.75, 3.05) is 12.7 Å². The Bertz CT molecular complexity index is 497. The molecule has 0 aliphatic heterocycles. The smallest absolute Gasteiger partial charge is 0.329 e. The first kappa shape index (κ1) is 23.5. The van der Waals surface area contributed by atoms with Crippen LogP contribution >= 0.6 is 15.2 Å². The maximum atomic E-state index is 11.6. The van der Waals surface area contributed by atoms with E-state index in [1.165, 1.54) is 0 Å². The molecule has 0 spiro atoms. The first-order valence-electron chi connectivity index (χ1n) is 8.03. The molecule has 0 rings (SSSR count). The van der Waals surface area contributed by atoms with Gasteiger partial charge in [-0.25, -0.2) is 0 Å². The van der Waals surface area contributed by atoms with Crippen molar-refractivity contribution in [3.63, 3.8) is 0 Å². The van der Waals surface area contributed by atoms with Gasteiger partial charge in [-0.2, -0.15) is 0 Å². The van der Waals surface area contributed by atoms with E-state index in [0.717, 1.165) is 19.3 Å². The highest BCUT2D eigenvalue weighted by Crippen LogP contribution is 2.50. The van der Waals surface area contributed by atoms with Gasteiger partial charge >= 0.3 is 15.2 Å². The Balaban J connectivity index is 4.02. The number of hydrogen-bond donors (Lipinski definition) is 5. The summed E-state index contributed by atoms with van der Waals surface area (Å²) >= 11 is 0. The van der Waals surface area contributed by atoms with Crippen LogP contribution in [0.1, 0.15) is 51.9 Å². The zero-order valence-electron chi connectivity index (χ0n) is 14.1. The van der Waals surface area contributed by atoms with Crippen LogP contribution in [-0.2, 0) is 13.9 Å². The molecule has 0 aliphatic carbocycles. The molecular weight excluding hydrogens is 356 g/mol. The molecule has 1 atom stereocenters. The summed E-state index contributed by atoms with van der Waals surface area (Å²) in [6.45, 7) is 6.30. The first-order chi connectivity index (χ1) is 11.0. The van der Waals surface area contributed by atoms with Crippen molar-refractivity contribution >= 4 is 21.1 Å². The second-order valence-electron chi connectivity index (χ2n) is 5.90. The molecule has 10 heteroatoms. The lowest BCUT2D eigenvalue weighted by molar-refractivity contribution is -0.117. The van der Waals surface area contributed by atoms with Gasteiger partial charge in [0.2, 0.25) is 5.91 Å². The van der Waals surface area contributed by atoms with Crippen molar-refractivity contribution in [1.29, 1.82) is 0 Å². The Morgan fingerprint density at radius 2 is 1.67 bits per heavy atom. The minimum Gasteiger partial charge on any atom is -0.352 e. The molecule has 1 unspecified atom stereocenters. The Kier molecular flexibility index (Phi) is 11.0. The fourth-order valence-electron chi connectivity index (χ4n) is 2.19.